The molecule has 1 amide bonds. The molecule has 0 spiro atoms. The molecule has 1 saturated heterocycles. The van der Waals surface area contributed by atoms with Gasteiger partial charge in [-0.3, -0.25) is 9.69 Å². The highest BCUT2D eigenvalue weighted by Crippen LogP contribution is 2.60. The molecule has 0 unspecified atom stereocenters. The van der Waals surface area contributed by atoms with Gasteiger partial charge in [-0.25, -0.2) is 0 Å². The second kappa shape index (κ2) is 14.2. The maximum Gasteiger partial charge on any atom is 0.240 e. The number of carbonyl (C=O) groups is 1. The number of amides is 1. The molecule has 0 radical (unpaired) electrons. The highest BCUT2D eigenvalue weighted by molar-refractivity contribution is 5.85. The standard InChI is InChI=1S/C28H50N2O6.ClH/c1-2-3-5-8-29-27(35)23-25(33)26(34)24(32)22(17-31)30(23)9-6-4-7-10-36-18-28-14-19-11-20(15-28)13-21(12-19)16-28;/h19-26,31-34H,2-18H2,1H3,(H,29,35);1H/t19?,20?,21?,22-,23+,24+,25-,26-,28?;/m0./s1. The van der Waals surface area contributed by atoms with E-state index in [2.05, 4.69) is 12.2 Å². The minimum absolute atomic E-state index is 0. The molecule has 0 aromatic carbocycles. The molecular formula is C28H51ClN2O6. The van der Waals surface area contributed by atoms with Crippen LogP contribution in [0.15, 0.2) is 0 Å². The van der Waals surface area contributed by atoms with Gasteiger partial charge >= 0.3 is 0 Å². The van der Waals surface area contributed by atoms with Crippen LogP contribution in [-0.4, -0.2) is 94.5 Å². The van der Waals surface area contributed by atoms with Crippen LogP contribution in [0.5, 0.6) is 0 Å². The number of rotatable bonds is 14. The van der Waals surface area contributed by atoms with Crippen LogP contribution >= 0.6 is 12.4 Å². The van der Waals surface area contributed by atoms with Gasteiger partial charge in [-0.1, -0.05) is 19.8 Å². The summed E-state index contributed by atoms with van der Waals surface area (Å²) in [6, 6.07) is -1.78. The first-order chi connectivity index (χ1) is 17.4. The van der Waals surface area contributed by atoms with Crippen molar-refractivity contribution in [3.8, 4) is 0 Å². The predicted molar refractivity (Wildman–Crippen MR) is 144 cm³/mol. The van der Waals surface area contributed by atoms with Crippen molar-refractivity contribution in [3.63, 3.8) is 0 Å². The van der Waals surface area contributed by atoms with Crippen molar-refractivity contribution in [1.29, 1.82) is 0 Å². The zero-order valence-corrected chi connectivity index (χ0v) is 23.4. The summed E-state index contributed by atoms with van der Waals surface area (Å²) in [5.41, 5.74) is 0.432. The van der Waals surface area contributed by atoms with E-state index in [1.165, 1.54) is 38.5 Å². The van der Waals surface area contributed by atoms with E-state index >= 15 is 0 Å². The Morgan fingerprint density at radius 1 is 0.919 bits per heavy atom. The van der Waals surface area contributed by atoms with Gasteiger partial charge in [-0.15, -0.1) is 12.4 Å². The third-order valence-corrected chi connectivity index (χ3v) is 9.51. The van der Waals surface area contributed by atoms with Crippen molar-refractivity contribution < 1.29 is 30.0 Å². The number of carbonyl (C=O) groups excluding carboxylic acids is 1. The fraction of sp³-hybridized carbons (Fsp3) is 0.964. The van der Waals surface area contributed by atoms with E-state index in [4.69, 9.17) is 4.74 Å². The molecule has 5 atom stereocenters. The van der Waals surface area contributed by atoms with Crippen molar-refractivity contribution in [3.05, 3.63) is 0 Å². The highest BCUT2D eigenvalue weighted by Gasteiger charge is 2.51. The van der Waals surface area contributed by atoms with Gasteiger partial charge in [0.1, 0.15) is 24.4 Å². The van der Waals surface area contributed by atoms with Crippen LogP contribution in [0.2, 0.25) is 0 Å². The number of unbranched alkanes of at least 4 members (excludes halogenated alkanes) is 4. The lowest BCUT2D eigenvalue weighted by Crippen LogP contribution is -2.70. The number of aliphatic hydroxyl groups is 4. The Morgan fingerprint density at radius 2 is 1.57 bits per heavy atom. The zero-order valence-electron chi connectivity index (χ0n) is 22.6. The van der Waals surface area contributed by atoms with E-state index in [0.29, 0.717) is 18.5 Å². The number of nitrogens with zero attached hydrogens (tertiary/aromatic N) is 1. The van der Waals surface area contributed by atoms with Crippen LogP contribution in [-0.2, 0) is 9.53 Å². The van der Waals surface area contributed by atoms with Crippen molar-refractivity contribution in [2.75, 3.05) is 32.9 Å². The van der Waals surface area contributed by atoms with Crippen LogP contribution in [0.25, 0.3) is 0 Å². The fourth-order valence-electron chi connectivity index (χ4n) is 8.16. The highest BCUT2D eigenvalue weighted by atomic mass is 35.5. The van der Waals surface area contributed by atoms with Crippen LogP contribution < -0.4 is 5.32 Å². The lowest BCUT2D eigenvalue weighted by molar-refractivity contribution is -0.178. The van der Waals surface area contributed by atoms with Gasteiger partial charge in [0.25, 0.3) is 0 Å². The van der Waals surface area contributed by atoms with E-state index in [-0.39, 0.29) is 18.3 Å². The predicted octanol–water partition coefficient (Wildman–Crippen LogP) is 2.25. The largest absolute Gasteiger partial charge is 0.395 e. The van der Waals surface area contributed by atoms with Gasteiger partial charge in [0, 0.05) is 13.2 Å². The van der Waals surface area contributed by atoms with Crippen molar-refractivity contribution in [2.45, 2.75) is 114 Å². The van der Waals surface area contributed by atoms with Crippen LogP contribution in [0.4, 0.5) is 0 Å². The number of ether oxygens (including phenoxy) is 1. The molecule has 1 heterocycles. The summed E-state index contributed by atoms with van der Waals surface area (Å²) in [4.78, 5) is 14.6. The third kappa shape index (κ3) is 7.38. The number of halogens is 1. The Kier molecular flexibility index (Phi) is 12.0. The molecule has 5 N–H and O–H groups in total. The van der Waals surface area contributed by atoms with Crippen molar-refractivity contribution >= 4 is 18.3 Å². The number of nitrogens with one attached hydrogen (secondary N) is 1. The first kappa shape index (κ1) is 31.1. The summed E-state index contributed by atoms with van der Waals surface area (Å²) in [6.45, 7) is 4.29. The average Bonchev–Trinajstić information content (AvgIpc) is 2.84. The van der Waals surface area contributed by atoms with E-state index < -0.39 is 37.0 Å². The molecule has 216 valence electrons. The van der Waals surface area contributed by atoms with Crippen molar-refractivity contribution in [2.24, 2.45) is 23.2 Å². The maximum atomic E-state index is 12.9. The SMILES string of the molecule is CCCCCNC(=O)[C@H]1[C@H](O)[C@@H](O)[C@H](O)[C@H](CO)N1CCCCCOCC12CC3CC(CC(C3)C1)C2.Cl. The summed E-state index contributed by atoms with van der Waals surface area (Å²) in [5.74, 6) is 2.45. The lowest BCUT2D eigenvalue weighted by Gasteiger charge is -2.56. The Balaban J connectivity index is 0.00000380. The quantitative estimate of drug-likeness (QED) is 0.212. The van der Waals surface area contributed by atoms with Crippen LogP contribution in [0.1, 0.15) is 84.0 Å². The van der Waals surface area contributed by atoms with Crippen LogP contribution in [0.3, 0.4) is 0 Å². The molecule has 4 aliphatic carbocycles. The smallest absolute Gasteiger partial charge is 0.240 e. The molecule has 5 aliphatic rings. The molecule has 5 rings (SSSR count). The van der Waals surface area contributed by atoms with Gasteiger partial charge in [-0.2, -0.15) is 0 Å². The number of likely N-dealkylation sites (tertiary alicyclic amines) is 1. The molecule has 4 saturated carbocycles. The average molecular weight is 547 g/mol. The third-order valence-electron chi connectivity index (χ3n) is 9.51. The topological polar surface area (TPSA) is 122 Å². The number of hydrogen-bond acceptors (Lipinski definition) is 7. The van der Waals surface area contributed by atoms with Gasteiger partial charge in [0.05, 0.1) is 19.3 Å². The van der Waals surface area contributed by atoms with E-state index in [9.17, 15) is 25.2 Å². The van der Waals surface area contributed by atoms with E-state index in [0.717, 1.165) is 69.5 Å². The molecule has 8 nitrogen and oxygen atoms in total. The van der Waals surface area contributed by atoms with Gasteiger partial charge in [0.2, 0.25) is 5.91 Å². The minimum atomic E-state index is -1.47. The molecule has 0 aromatic rings. The van der Waals surface area contributed by atoms with Gasteiger partial charge in [0.15, 0.2) is 0 Å². The maximum absolute atomic E-state index is 12.9. The summed E-state index contributed by atoms with van der Waals surface area (Å²) >= 11 is 0. The Hall–Kier alpha value is -0.480. The van der Waals surface area contributed by atoms with E-state index in [1.54, 1.807) is 4.90 Å². The number of piperidine rings is 1. The second-order valence-corrected chi connectivity index (χ2v) is 12.4. The minimum Gasteiger partial charge on any atom is -0.395 e. The second-order valence-electron chi connectivity index (χ2n) is 12.4. The summed E-state index contributed by atoms with van der Waals surface area (Å²) in [5, 5.41) is 44.2. The molecule has 0 aromatic heterocycles. The van der Waals surface area contributed by atoms with Gasteiger partial charge in [-0.05, 0) is 93.9 Å². The summed E-state index contributed by atoms with van der Waals surface area (Å²) < 4.78 is 6.19. The first-order valence-electron chi connectivity index (χ1n) is 14.6. The Labute approximate surface area is 228 Å². The number of hydrogen-bond donors (Lipinski definition) is 5. The van der Waals surface area contributed by atoms with E-state index in [1.807, 2.05) is 0 Å². The first-order valence-corrected chi connectivity index (χ1v) is 14.6. The zero-order chi connectivity index (χ0) is 25.7. The summed E-state index contributed by atoms with van der Waals surface area (Å²) in [7, 11) is 0. The molecule has 1 aliphatic heterocycles. The fourth-order valence-corrected chi connectivity index (χ4v) is 8.16. The van der Waals surface area contributed by atoms with Crippen LogP contribution in [0, 0.1) is 23.2 Å². The molecular weight excluding hydrogens is 496 g/mol. The van der Waals surface area contributed by atoms with Gasteiger partial charge < -0.3 is 30.5 Å². The molecule has 9 heteroatoms. The Bertz CT molecular complexity index is 677. The molecule has 4 bridgehead atoms. The van der Waals surface area contributed by atoms with Crippen molar-refractivity contribution in [1.82, 2.24) is 10.2 Å². The molecule has 37 heavy (non-hydrogen) atoms. The molecule has 5 fully saturated rings. The lowest BCUT2D eigenvalue weighted by atomic mass is 9.50. The summed E-state index contributed by atoms with van der Waals surface area (Å²) in [6.07, 6.45) is 9.70. The number of aliphatic hydroxyl groups excluding tert-OH is 4. The normalized spacial score (nSPS) is 38.9. The Morgan fingerprint density at radius 3 is 2.16 bits per heavy atom. The monoisotopic (exact) mass is 546 g/mol.